The zero-order chi connectivity index (χ0) is 22.9. The Kier molecular flexibility index (Phi) is 5.32. The molecule has 0 atom stereocenters. The van der Waals surface area contributed by atoms with Gasteiger partial charge in [-0.15, -0.1) is 0 Å². The van der Waals surface area contributed by atoms with Crippen LogP contribution in [0.15, 0.2) is 115 Å². The molecule has 162 valence electrons. The minimum atomic E-state index is -0.815. The van der Waals surface area contributed by atoms with Gasteiger partial charge < -0.3 is 9.52 Å². The Balaban J connectivity index is 1.81. The van der Waals surface area contributed by atoms with Gasteiger partial charge in [-0.3, -0.25) is 9.36 Å². The van der Waals surface area contributed by atoms with E-state index in [1.54, 1.807) is 36.4 Å². The molecule has 0 radical (unpaired) electrons. The molecule has 5 rings (SSSR count). The predicted molar refractivity (Wildman–Crippen MR) is 126 cm³/mol. The van der Waals surface area contributed by atoms with Crippen LogP contribution in [0.2, 0.25) is 0 Å². The topological polar surface area (TPSA) is 72.4 Å². The molecule has 0 spiro atoms. The summed E-state index contributed by atoms with van der Waals surface area (Å²) in [6.07, 6.45) is 0. The number of rotatable bonds is 4. The van der Waals surface area contributed by atoms with Crippen molar-refractivity contribution < 1.29 is 13.9 Å². The van der Waals surface area contributed by atoms with Gasteiger partial charge in [-0.1, -0.05) is 66.4 Å². The van der Waals surface area contributed by atoms with Gasteiger partial charge in [-0.25, -0.2) is 9.18 Å². The Morgan fingerprint density at radius 2 is 1.55 bits per heavy atom. The first-order valence-corrected chi connectivity index (χ1v) is 10.8. The molecule has 2 heterocycles. The number of hydrogen-bond donors (Lipinski definition) is 1. The van der Waals surface area contributed by atoms with Crippen molar-refractivity contribution in [3.63, 3.8) is 0 Å². The third kappa shape index (κ3) is 3.83. The number of benzene rings is 3. The molecular formula is C26H16FNO4S. The molecule has 0 amide bonds. The van der Waals surface area contributed by atoms with Crippen molar-refractivity contribution in [3.8, 4) is 22.7 Å². The molecule has 0 saturated carbocycles. The molecule has 1 N–H and O–H groups in total. The smallest absolute Gasteiger partial charge is 0.354 e. The number of fused-ring (bicyclic) bond motifs is 1. The quantitative estimate of drug-likeness (QED) is 0.380. The number of halogens is 1. The minimum absolute atomic E-state index is 0.0304. The highest BCUT2D eigenvalue weighted by Gasteiger charge is 2.22. The van der Waals surface area contributed by atoms with Gasteiger partial charge in [-0.2, -0.15) is 0 Å². The van der Waals surface area contributed by atoms with E-state index >= 15 is 0 Å². The van der Waals surface area contributed by atoms with E-state index in [4.69, 9.17) is 4.42 Å². The molecule has 5 aromatic rings. The first kappa shape index (κ1) is 20.8. The predicted octanol–water partition coefficient (Wildman–Crippen LogP) is 5.61. The van der Waals surface area contributed by atoms with Crippen molar-refractivity contribution >= 4 is 22.7 Å². The van der Waals surface area contributed by atoms with Gasteiger partial charge in [0.05, 0.1) is 5.69 Å². The summed E-state index contributed by atoms with van der Waals surface area (Å²) >= 11 is 0.836. The number of nitrogens with zero attached hydrogens (tertiary/aromatic N) is 1. The molecular weight excluding hydrogens is 441 g/mol. The Morgan fingerprint density at radius 3 is 2.24 bits per heavy atom. The fourth-order valence-electron chi connectivity index (χ4n) is 3.64. The van der Waals surface area contributed by atoms with Crippen molar-refractivity contribution in [1.82, 2.24) is 4.57 Å². The van der Waals surface area contributed by atoms with Gasteiger partial charge in [0.25, 0.3) is 5.56 Å². The van der Waals surface area contributed by atoms with Gasteiger partial charge in [0.1, 0.15) is 21.7 Å². The second-order valence-electron chi connectivity index (χ2n) is 7.24. The first-order chi connectivity index (χ1) is 16.0. The van der Waals surface area contributed by atoms with Crippen molar-refractivity contribution in [2.24, 2.45) is 0 Å². The maximum atomic E-state index is 13.7. The zero-order valence-electron chi connectivity index (χ0n) is 17.1. The molecule has 0 aliphatic heterocycles. The molecule has 5 nitrogen and oxygen atoms in total. The molecule has 0 bridgehead atoms. The molecule has 0 aliphatic carbocycles. The largest absolute Gasteiger partial charge is 0.505 e. The maximum Gasteiger partial charge on any atom is 0.354 e. The molecule has 3 aromatic carbocycles. The van der Waals surface area contributed by atoms with Crippen molar-refractivity contribution in [1.29, 1.82) is 0 Å². The van der Waals surface area contributed by atoms with E-state index in [2.05, 4.69) is 0 Å². The summed E-state index contributed by atoms with van der Waals surface area (Å²) in [4.78, 5) is 26.6. The number of para-hydroxylation sites is 1. The van der Waals surface area contributed by atoms with E-state index in [1.807, 2.05) is 36.4 Å². The Morgan fingerprint density at radius 1 is 0.848 bits per heavy atom. The number of aromatic hydroxyl groups is 1. The van der Waals surface area contributed by atoms with Gasteiger partial charge in [0, 0.05) is 16.6 Å². The van der Waals surface area contributed by atoms with Crippen molar-refractivity contribution in [2.75, 3.05) is 0 Å². The fraction of sp³-hybridized carbons (Fsp3) is 0. The molecule has 0 aliphatic rings. The summed E-state index contributed by atoms with van der Waals surface area (Å²) in [5, 5.41) is 10.9. The summed E-state index contributed by atoms with van der Waals surface area (Å²) in [7, 11) is 0. The number of pyridine rings is 1. The van der Waals surface area contributed by atoms with Crippen LogP contribution < -0.4 is 11.2 Å². The highest BCUT2D eigenvalue weighted by atomic mass is 32.2. The lowest BCUT2D eigenvalue weighted by molar-refractivity contribution is 0.446. The average molecular weight is 457 g/mol. The molecule has 0 unspecified atom stereocenters. The van der Waals surface area contributed by atoms with E-state index < -0.39 is 22.8 Å². The van der Waals surface area contributed by atoms with Crippen LogP contribution in [-0.4, -0.2) is 9.67 Å². The maximum absolute atomic E-state index is 13.7. The van der Waals surface area contributed by atoms with E-state index in [0.717, 1.165) is 17.3 Å². The van der Waals surface area contributed by atoms with Crippen molar-refractivity contribution in [3.05, 3.63) is 118 Å². The van der Waals surface area contributed by atoms with E-state index in [1.165, 1.54) is 22.8 Å². The lowest BCUT2D eigenvalue weighted by Gasteiger charge is -2.15. The lowest BCUT2D eigenvalue weighted by Crippen LogP contribution is -2.21. The molecule has 2 aromatic heterocycles. The molecule has 0 fully saturated rings. The average Bonchev–Trinajstić information content (AvgIpc) is 2.82. The molecule has 0 saturated heterocycles. The standard InChI is InChI=1S/C26H16FNO4S/c27-17-10-7-13-19(14-17)33-24-23(29)22-21(32-26(24)31)15-20(16-8-3-1-4-9-16)28(25(22)30)18-11-5-2-6-12-18/h1-15,29H. The summed E-state index contributed by atoms with van der Waals surface area (Å²) in [5.41, 5.74) is 0.448. The van der Waals surface area contributed by atoms with Crippen LogP contribution in [0.4, 0.5) is 4.39 Å². The monoisotopic (exact) mass is 457 g/mol. The lowest BCUT2D eigenvalue weighted by atomic mass is 10.1. The van der Waals surface area contributed by atoms with Crippen LogP contribution in [0, 0.1) is 5.82 Å². The summed E-state index contributed by atoms with van der Waals surface area (Å²) in [6.45, 7) is 0. The molecule has 7 heteroatoms. The second kappa shape index (κ2) is 8.44. The van der Waals surface area contributed by atoms with Crippen LogP contribution in [-0.2, 0) is 0 Å². The number of hydrogen-bond acceptors (Lipinski definition) is 5. The highest BCUT2D eigenvalue weighted by molar-refractivity contribution is 7.99. The van der Waals surface area contributed by atoms with E-state index in [0.29, 0.717) is 16.3 Å². The Hall–Kier alpha value is -4.10. The third-order valence-corrected chi connectivity index (χ3v) is 6.17. The van der Waals surface area contributed by atoms with Crippen LogP contribution >= 0.6 is 11.8 Å². The van der Waals surface area contributed by atoms with E-state index in [-0.39, 0.29) is 15.9 Å². The summed E-state index contributed by atoms with van der Waals surface area (Å²) in [6, 6.07) is 25.4. The number of aromatic nitrogens is 1. The SMILES string of the molecule is O=c1oc2cc(-c3ccccc3)n(-c3ccccc3)c(=O)c2c(O)c1Sc1cccc(F)c1. The summed E-state index contributed by atoms with van der Waals surface area (Å²) < 4.78 is 20.5. The normalized spacial score (nSPS) is 11.1. The van der Waals surface area contributed by atoms with Crippen LogP contribution in [0.5, 0.6) is 5.75 Å². The van der Waals surface area contributed by atoms with Gasteiger partial charge in [-0.05, 0) is 35.9 Å². The second-order valence-corrected chi connectivity index (χ2v) is 8.32. The van der Waals surface area contributed by atoms with Crippen LogP contribution in [0.1, 0.15) is 0 Å². The Bertz CT molecular complexity index is 1590. The molecule has 33 heavy (non-hydrogen) atoms. The highest BCUT2D eigenvalue weighted by Crippen LogP contribution is 2.36. The Labute approximate surface area is 191 Å². The zero-order valence-corrected chi connectivity index (χ0v) is 17.9. The minimum Gasteiger partial charge on any atom is -0.505 e. The fourth-order valence-corrected chi connectivity index (χ4v) is 4.51. The third-order valence-electron chi connectivity index (χ3n) is 5.11. The van der Waals surface area contributed by atoms with Crippen LogP contribution in [0.3, 0.4) is 0 Å². The first-order valence-electron chi connectivity index (χ1n) is 10.0. The van der Waals surface area contributed by atoms with Gasteiger partial charge >= 0.3 is 5.63 Å². The van der Waals surface area contributed by atoms with Gasteiger partial charge in [0.2, 0.25) is 0 Å². The van der Waals surface area contributed by atoms with Crippen LogP contribution in [0.25, 0.3) is 27.9 Å². The van der Waals surface area contributed by atoms with Gasteiger partial charge in [0.15, 0.2) is 5.75 Å². The summed E-state index contributed by atoms with van der Waals surface area (Å²) in [5.74, 6) is -0.978. The van der Waals surface area contributed by atoms with E-state index in [9.17, 15) is 19.1 Å². The van der Waals surface area contributed by atoms with Crippen molar-refractivity contribution in [2.45, 2.75) is 9.79 Å².